The van der Waals surface area contributed by atoms with Gasteiger partial charge in [0.15, 0.2) is 5.76 Å². The summed E-state index contributed by atoms with van der Waals surface area (Å²) in [6, 6.07) is 1.32. The Hall–Kier alpha value is -1.20. The topological polar surface area (TPSA) is 88.5 Å². The standard InChI is InChI=1S/C7H9ClN2O3/c8-4-3-5(6(9)12)13-7(4)10-1-2-11/h3,10-11H,1-2H2,(H2,9,12). The van der Waals surface area contributed by atoms with Crippen molar-refractivity contribution in [3.63, 3.8) is 0 Å². The van der Waals surface area contributed by atoms with E-state index in [1.807, 2.05) is 0 Å². The molecular formula is C7H9ClN2O3. The van der Waals surface area contributed by atoms with E-state index in [1.54, 1.807) is 0 Å². The summed E-state index contributed by atoms with van der Waals surface area (Å²) in [6.45, 7) is 0.244. The molecule has 0 bridgehead atoms. The number of amides is 1. The monoisotopic (exact) mass is 204 g/mol. The van der Waals surface area contributed by atoms with Crippen LogP contribution in [0.4, 0.5) is 5.88 Å². The van der Waals surface area contributed by atoms with Crippen LogP contribution in [0.5, 0.6) is 0 Å². The van der Waals surface area contributed by atoms with E-state index in [9.17, 15) is 4.79 Å². The maximum Gasteiger partial charge on any atom is 0.284 e. The van der Waals surface area contributed by atoms with Gasteiger partial charge in [0.2, 0.25) is 5.88 Å². The average Bonchev–Trinajstić information content (AvgIpc) is 2.44. The summed E-state index contributed by atoms with van der Waals surface area (Å²) in [5, 5.41) is 11.4. The molecule has 13 heavy (non-hydrogen) atoms. The first-order valence-electron chi connectivity index (χ1n) is 3.59. The van der Waals surface area contributed by atoms with Crippen LogP contribution in [0, 0.1) is 0 Å². The summed E-state index contributed by atoms with van der Waals surface area (Å²) >= 11 is 5.68. The van der Waals surface area contributed by atoms with Crippen LogP contribution in [-0.4, -0.2) is 24.2 Å². The Kier molecular flexibility index (Phi) is 3.16. The molecule has 0 fully saturated rings. The summed E-state index contributed by atoms with van der Waals surface area (Å²) in [6.07, 6.45) is 0. The van der Waals surface area contributed by atoms with Gasteiger partial charge in [0, 0.05) is 12.6 Å². The third-order valence-electron chi connectivity index (χ3n) is 1.33. The predicted octanol–water partition coefficient (Wildman–Crippen LogP) is 0.436. The Morgan fingerprint density at radius 2 is 2.46 bits per heavy atom. The van der Waals surface area contributed by atoms with Crippen molar-refractivity contribution in [2.24, 2.45) is 5.73 Å². The Morgan fingerprint density at radius 3 is 2.92 bits per heavy atom. The quantitative estimate of drug-likeness (QED) is 0.664. The Bertz CT molecular complexity index is 311. The van der Waals surface area contributed by atoms with Gasteiger partial charge in [-0.25, -0.2) is 0 Å². The van der Waals surface area contributed by atoms with Gasteiger partial charge in [0.25, 0.3) is 5.91 Å². The second-order valence-corrected chi connectivity index (χ2v) is 2.71. The first kappa shape index (κ1) is 9.88. The van der Waals surface area contributed by atoms with Gasteiger partial charge in [-0.3, -0.25) is 4.79 Å². The normalized spacial score (nSPS) is 10.0. The molecule has 1 aromatic heterocycles. The summed E-state index contributed by atoms with van der Waals surface area (Å²) in [5.41, 5.74) is 4.96. The van der Waals surface area contributed by atoms with Gasteiger partial charge in [-0.15, -0.1) is 0 Å². The lowest BCUT2D eigenvalue weighted by atomic mass is 10.4. The van der Waals surface area contributed by atoms with Crippen molar-refractivity contribution in [1.82, 2.24) is 0 Å². The molecule has 1 heterocycles. The van der Waals surface area contributed by atoms with Gasteiger partial charge >= 0.3 is 0 Å². The molecule has 0 aliphatic carbocycles. The highest BCUT2D eigenvalue weighted by atomic mass is 35.5. The fourth-order valence-electron chi connectivity index (χ4n) is 0.780. The maximum absolute atomic E-state index is 10.6. The molecule has 0 radical (unpaired) electrons. The van der Waals surface area contributed by atoms with Crippen LogP contribution in [0.3, 0.4) is 0 Å². The van der Waals surface area contributed by atoms with E-state index < -0.39 is 5.91 Å². The molecule has 1 amide bonds. The number of nitrogens with one attached hydrogen (secondary N) is 1. The molecule has 5 nitrogen and oxygen atoms in total. The molecule has 0 aromatic carbocycles. The van der Waals surface area contributed by atoms with Crippen LogP contribution in [0.15, 0.2) is 10.5 Å². The third kappa shape index (κ3) is 2.37. The molecule has 1 rings (SSSR count). The zero-order chi connectivity index (χ0) is 9.84. The van der Waals surface area contributed by atoms with Crippen molar-refractivity contribution < 1.29 is 14.3 Å². The number of nitrogens with two attached hydrogens (primary N) is 1. The van der Waals surface area contributed by atoms with Crippen LogP contribution in [0.1, 0.15) is 10.6 Å². The number of carbonyl (C=O) groups excluding carboxylic acids is 1. The summed E-state index contributed by atoms with van der Waals surface area (Å²) in [7, 11) is 0. The Labute approximate surface area is 79.5 Å². The minimum absolute atomic E-state index is 0.00885. The van der Waals surface area contributed by atoms with Crippen molar-refractivity contribution in [3.8, 4) is 0 Å². The smallest absolute Gasteiger partial charge is 0.284 e. The second kappa shape index (κ2) is 4.15. The zero-order valence-corrected chi connectivity index (χ0v) is 7.47. The largest absolute Gasteiger partial charge is 0.434 e. The van der Waals surface area contributed by atoms with E-state index in [2.05, 4.69) is 5.32 Å². The number of rotatable bonds is 4. The van der Waals surface area contributed by atoms with Gasteiger partial charge in [-0.2, -0.15) is 0 Å². The highest BCUT2D eigenvalue weighted by molar-refractivity contribution is 6.33. The zero-order valence-electron chi connectivity index (χ0n) is 6.71. The number of hydrogen-bond donors (Lipinski definition) is 3. The molecule has 0 saturated heterocycles. The first-order chi connectivity index (χ1) is 6.15. The molecule has 0 saturated carbocycles. The van der Waals surface area contributed by atoms with Gasteiger partial charge in [0.1, 0.15) is 5.02 Å². The molecule has 0 aliphatic heterocycles. The SMILES string of the molecule is NC(=O)c1cc(Cl)c(NCCO)o1. The highest BCUT2D eigenvalue weighted by Gasteiger charge is 2.12. The number of hydrogen-bond acceptors (Lipinski definition) is 4. The van der Waals surface area contributed by atoms with E-state index in [4.69, 9.17) is 26.9 Å². The molecule has 1 aromatic rings. The number of furan rings is 1. The number of anilines is 1. The molecule has 0 atom stereocenters. The lowest BCUT2D eigenvalue weighted by molar-refractivity contribution is 0.0975. The van der Waals surface area contributed by atoms with Crippen LogP contribution >= 0.6 is 11.6 Å². The Balaban J connectivity index is 2.77. The minimum Gasteiger partial charge on any atom is -0.434 e. The van der Waals surface area contributed by atoms with Crippen molar-refractivity contribution in [1.29, 1.82) is 0 Å². The van der Waals surface area contributed by atoms with E-state index in [0.29, 0.717) is 6.54 Å². The molecule has 0 aliphatic rings. The third-order valence-corrected chi connectivity index (χ3v) is 1.61. The van der Waals surface area contributed by atoms with Crippen LogP contribution in [-0.2, 0) is 0 Å². The Morgan fingerprint density at radius 1 is 1.77 bits per heavy atom. The van der Waals surface area contributed by atoms with Crippen molar-refractivity contribution >= 4 is 23.4 Å². The van der Waals surface area contributed by atoms with Crippen LogP contribution in [0.25, 0.3) is 0 Å². The second-order valence-electron chi connectivity index (χ2n) is 2.30. The van der Waals surface area contributed by atoms with Crippen molar-refractivity contribution in [3.05, 3.63) is 16.8 Å². The molecular weight excluding hydrogens is 196 g/mol. The lowest BCUT2D eigenvalue weighted by Gasteiger charge is -1.98. The van der Waals surface area contributed by atoms with E-state index in [0.717, 1.165) is 0 Å². The molecule has 0 spiro atoms. The lowest BCUT2D eigenvalue weighted by Crippen LogP contribution is -2.09. The number of aliphatic hydroxyl groups excluding tert-OH is 1. The summed E-state index contributed by atoms with van der Waals surface area (Å²) in [5.74, 6) is -0.450. The van der Waals surface area contributed by atoms with Crippen LogP contribution in [0.2, 0.25) is 5.02 Å². The number of carbonyl (C=O) groups is 1. The van der Waals surface area contributed by atoms with Gasteiger partial charge in [0.05, 0.1) is 6.61 Å². The minimum atomic E-state index is -0.682. The average molecular weight is 205 g/mol. The van der Waals surface area contributed by atoms with E-state index >= 15 is 0 Å². The highest BCUT2D eigenvalue weighted by Crippen LogP contribution is 2.25. The molecule has 72 valence electrons. The first-order valence-corrected chi connectivity index (χ1v) is 3.97. The molecule has 0 unspecified atom stereocenters. The number of halogens is 1. The van der Waals surface area contributed by atoms with Gasteiger partial charge in [-0.05, 0) is 0 Å². The summed E-state index contributed by atoms with van der Waals surface area (Å²) in [4.78, 5) is 10.6. The maximum atomic E-state index is 10.6. The number of primary amides is 1. The van der Waals surface area contributed by atoms with E-state index in [-0.39, 0.29) is 23.3 Å². The fraction of sp³-hybridized carbons (Fsp3) is 0.286. The van der Waals surface area contributed by atoms with Crippen LogP contribution < -0.4 is 11.1 Å². The van der Waals surface area contributed by atoms with Crippen molar-refractivity contribution in [2.45, 2.75) is 0 Å². The van der Waals surface area contributed by atoms with Crippen molar-refractivity contribution in [2.75, 3.05) is 18.5 Å². The molecule has 4 N–H and O–H groups in total. The number of aliphatic hydroxyl groups is 1. The van der Waals surface area contributed by atoms with E-state index in [1.165, 1.54) is 6.07 Å². The predicted molar refractivity (Wildman–Crippen MR) is 47.8 cm³/mol. The summed E-state index contributed by atoms with van der Waals surface area (Å²) < 4.78 is 4.95. The van der Waals surface area contributed by atoms with Gasteiger partial charge < -0.3 is 20.6 Å². The fourth-order valence-corrected chi connectivity index (χ4v) is 0.985. The van der Waals surface area contributed by atoms with Gasteiger partial charge in [-0.1, -0.05) is 11.6 Å². The molecule has 6 heteroatoms.